The van der Waals surface area contributed by atoms with E-state index < -0.39 is 6.04 Å². The third-order valence-electron chi connectivity index (χ3n) is 3.92. The number of aromatic nitrogens is 1. The number of benzene rings is 1. The number of amides is 2. The van der Waals surface area contributed by atoms with E-state index in [1.807, 2.05) is 24.3 Å². The van der Waals surface area contributed by atoms with Crippen molar-refractivity contribution in [2.45, 2.75) is 11.4 Å². The molecule has 6 heteroatoms. The third-order valence-corrected chi connectivity index (χ3v) is 5.23. The largest absolute Gasteiger partial charge is 0.323 e. The Bertz CT molecular complexity index is 750. The van der Waals surface area contributed by atoms with Gasteiger partial charge in [0.1, 0.15) is 11.4 Å². The Morgan fingerprint density at radius 1 is 1.27 bits per heavy atom. The molecule has 22 heavy (non-hydrogen) atoms. The first-order valence-electron chi connectivity index (χ1n) is 7.00. The lowest BCUT2D eigenvalue weighted by Crippen LogP contribution is -2.42. The summed E-state index contributed by atoms with van der Waals surface area (Å²) in [5.41, 5.74) is 2.36. The Balaban J connectivity index is 1.59. The van der Waals surface area contributed by atoms with Gasteiger partial charge in [0.15, 0.2) is 0 Å². The van der Waals surface area contributed by atoms with Gasteiger partial charge in [-0.1, -0.05) is 18.2 Å². The monoisotopic (exact) mass is 311 g/mol. The molecular weight excluding hydrogens is 298 g/mol. The summed E-state index contributed by atoms with van der Waals surface area (Å²) in [5, 5.41) is 2.79. The van der Waals surface area contributed by atoms with Crippen molar-refractivity contribution in [2.75, 3.05) is 11.1 Å². The summed E-state index contributed by atoms with van der Waals surface area (Å²) in [4.78, 5) is 30.7. The van der Waals surface area contributed by atoms with E-state index in [-0.39, 0.29) is 17.2 Å². The number of hydrogen-bond acceptors (Lipinski definition) is 4. The lowest BCUT2D eigenvalue weighted by molar-refractivity contribution is -0.119. The molecular formula is C16H13N3O2S. The van der Waals surface area contributed by atoms with Gasteiger partial charge in [0, 0.05) is 17.5 Å². The number of hydrogen-bond donors (Lipinski definition) is 1. The van der Waals surface area contributed by atoms with E-state index >= 15 is 0 Å². The fourth-order valence-corrected chi connectivity index (χ4v) is 4.37. The van der Waals surface area contributed by atoms with E-state index in [4.69, 9.17) is 0 Å². The lowest BCUT2D eigenvalue weighted by Gasteiger charge is -2.22. The number of carbonyl (C=O) groups excluding carboxylic acids is 2. The zero-order valence-corrected chi connectivity index (χ0v) is 12.4. The number of pyridine rings is 1. The van der Waals surface area contributed by atoms with Gasteiger partial charge in [0.05, 0.1) is 11.9 Å². The standard InChI is InChI=1S/C16H13N3O2S/c20-14(18-10-4-3-7-17-8-10)13-9-22-16-12-6-2-1-5-11(12)15(21)19(13)16/h1-8,13,16H,9H2,(H,18,20)/t13-,16?/m0/s1. The van der Waals surface area contributed by atoms with Gasteiger partial charge in [-0.25, -0.2) is 0 Å². The van der Waals surface area contributed by atoms with Gasteiger partial charge in [0.25, 0.3) is 5.91 Å². The molecule has 2 amide bonds. The highest BCUT2D eigenvalue weighted by Gasteiger charge is 2.48. The van der Waals surface area contributed by atoms with Gasteiger partial charge in [0.2, 0.25) is 5.91 Å². The molecule has 2 atom stereocenters. The van der Waals surface area contributed by atoms with Crippen LogP contribution in [0.5, 0.6) is 0 Å². The number of nitrogens with one attached hydrogen (secondary N) is 1. The molecule has 1 aromatic carbocycles. The molecule has 2 aliphatic rings. The lowest BCUT2D eigenvalue weighted by atomic mass is 10.1. The molecule has 1 fully saturated rings. The van der Waals surface area contributed by atoms with Crippen molar-refractivity contribution in [1.29, 1.82) is 0 Å². The van der Waals surface area contributed by atoms with Gasteiger partial charge in [-0.2, -0.15) is 0 Å². The number of fused-ring (bicyclic) bond motifs is 3. The van der Waals surface area contributed by atoms with Crippen LogP contribution >= 0.6 is 11.8 Å². The molecule has 1 N–H and O–H groups in total. The number of carbonyl (C=O) groups is 2. The van der Waals surface area contributed by atoms with Gasteiger partial charge < -0.3 is 10.2 Å². The highest BCUT2D eigenvalue weighted by Crippen LogP contribution is 2.48. The molecule has 2 aromatic rings. The van der Waals surface area contributed by atoms with Crippen LogP contribution in [0.1, 0.15) is 21.3 Å². The van der Waals surface area contributed by atoms with Gasteiger partial charge >= 0.3 is 0 Å². The van der Waals surface area contributed by atoms with E-state index in [1.165, 1.54) is 0 Å². The van der Waals surface area contributed by atoms with Crippen LogP contribution in [-0.2, 0) is 4.79 Å². The normalized spacial score (nSPS) is 22.4. The Morgan fingerprint density at radius 3 is 2.95 bits per heavy atom. The zero-order chi connectivity index (χ0) is 15.1. The molecule has 2 aliphatic heterocycles. The highest BCUT2D eigenvalue weighted by molar-refractivity contribution is 7.99. The average molecular weight is 311 g/mol. The first-order chi connectivity index (χ1) is 10.8. The molecule has 0 aliphatic carbocycles. The Kier molecular flexibility index (Phi) is 3.11. The quantitative estimate of drug-likeness (QED) is 0.924. The number of anilines is 1. The zero-order valence-electron chi connectivity index (χ0n) is 11.6. The summed E-state index contributed by atoms with van der Waals surface area (Å²) in [6, 6.07) is 10.7. The summed E-state index contributed by atoms with van der Waals surface area (Å²) in [6.45, 7) is 0. The topological polar surface area (TPSA) is 62.3 Å². The molecule has 1 aromatic heterocycles. The van der Waals surface area contributed by atoms with Crippen LogP contribution in [-0.4, -0.2) is 33.5 Å². The van der Waals surface area contributed by atoms with E-state index in [0.717, 1.165) is 5.56 Å². The summed E-state index contributed by atoms with van der Waals surface area (Å²) in [7, 11) is 0. The van der Waals surface area contributed by atoms with E-state index in [0.29, 0.717) is 17.0 Å². The fourth-order valence-electron chi connectivity index (χ4n) is 2.90. The molecule has 0 saturated carbocycles. The third kappa shape index (κ3) is 1.99. The molecule has 1 unspecified atom stereocenters. The maximum absolute atomic E-state index is 12.6. The second-order valence-electron chi connectivity index (χ2n) is 5.23. The van der Waals surface area contributed by atoms with Crippen molar-refractivity contribution in [3.05, 3.63) is 59.9 Å². The molecule has 4 rings (SSSR count). The Hall–Kier alpha value is -2.34. The minimum absolute atomic E-state index is 0.0478. The van der Waals surface area contributed by atoms with E-state index in [1.54, 1.807) is 41.2 Å². The average Bonchev–Trinajstić information content (AvgIpc) is 3.10. The van der Waals surface area contributed by atoms with Crippen molar-refractivity contribution in [2.24, 2.45) is 0 Å². The van der Waals surface area contributed by atoms with Crippen molar-refractivity contribution in [1.82, 2.24) is 9.88 Å². The SMILES string of the molecule is O=C(Nc1cccnc1)[C@@H]1CSC2c3ccccc3C(=O)N21. The van der Waals surface area contributed by atoms with Crippen molar-refractivity contribution in [3.63, 3.8) is 0 Å². The van der Waals surface area contributed by atoms with Crippen LogP contribution in [0.4, 0.5) is 5.69 Å². The van der Waals surface area contributed by atoms with Crippen LogP contribution in [0.25, 0.3) is 0 Å². The molecule has 0 spiro atoms. The predicted molar refractivity (Wildman–Crippen MR) is 84.5 cm³/mol. The molecule has 110 valence electrons. The van der Waals surface area contributed by atoms with Gasteiger partial charge in [-0.3, -0.25) is 14.6 Å². The maximum atomic E-state index is 12.6. The second-order valence-corrected chi connectivity index (χ2v) is 6.35. The highest BCUT2D eigenvalue weighted by atomic mass is 32.2. The smallest absolute Gasteiger partial charge is 0.256 e. The van der Waals surface area contributed by atoms with Crippen LogP contribution in [0, 0.1) is 0 Å². The number of nitrogens with zero attached hydrogens (tertiary/aromatic N) is 2. The molecule has 0 radical (unpaired) electrons. The van der Waals surface area contributed by atoms with Crippen LogP contribution < -0.4 is 5.32 Å². The Morgan fingerprint density at radius 2 is 2.14 bits per heavy atom. The van der Waals surface area contributed by atoms with Gasteiger partial charge in [-0.05, 0) is 23.8 Å². The maximum Gasteiger partial charge on any atom is 0.256 e. The summed E-state index contributed by atoms with van der Waals surface area (Å²) in [5.74, 6) is 0.387. The second kappa shape index (κ2) is 5.14. The predicted octanol–water partition coefficient (Wildman–Crippen LogP) is 2.29. The van der Waals surface area contributed by atoms with Crippen molar-refractivity contribution in [3.8, 4) is 0 Å². The Labute approximate surface area is 131 Å². The van der Waals surface area contributed by atoms with Gasteiger partial charge in [-0.15, -0.1) is 11.8 Å². The minimum atomic E-state index is -0.449. The first-order valence-corrected chi connectivity index (χ1v) is 8.04. The van der Waals surface area contributed by atoms with E-state index in [9.17, 15) is 9.59 Å². The summed E-state index contributed by atoms with van der Waals surface area (Å²) in [6.07, 6.45) is 3.25. The summed E-state index contributed by atoms with van der Waals surface area (Å²) >= 11 is 1.64. The van der Waals surface area contributed by atoms with E-state index in [2.05, 4.69) is 10.3 Å². The molecule has 1 saturated heterocycles. The first kappa shape index (κ1) is 13.3. The fraction of sp³-hybridized carbons (Fsp3) is 0.188. The summed E-state index contributed by atoms with van der Waals surface area (Å²) < 4.78 is 0. The minimum Gasteiger partial charge on any atom is -0.323 e. The van der Waals surface area contributed by atoms with Crippen molar-refractivity contribution < 1.29 is 9.59 Å². The van der Waals surface area contributed by atoms with Crippen LogP contribution in [0.3, 0.4) is 0 Å². The molecule has 3 heterocycles. The van der Waals surface area contributed by atoms with Crippen molar-refractivity contribution >= 4 is 29.3 Å². The van der Waals surface area contributed by atoms with Crippen LogP contribution in [0.2, 0.25) is 0 Å². The molecule has 0 bridgehead atoms. The number of rotatable bonds is 2. The number of thioether (sulfide) groups is 1. The molecule has 5 nitrogen and oxygen atoms in total. The van der Waals surface area contributed by atoms with Crippen LogP contribution in [0.15, 0.2) is 48.8 Å².